The third-order valence-corrected chi connectivity index (χ3v) is 3.62. The van der Waals surface area contributed by atoms with Gasteiger partial charge in [-0.15, -0.1) is 0 Å². The number of benzene rings is 2. The summed E-state index contributed by atoms with van der Waals surface area (Å²) in [7, 11) is 0. The molecule has 3 nitrogen and oxygen atoms in total. The van der Waals surface area contributed by atoms with Crippen LogP contribution in [0.25, 0.3) is 27.7 Å². The van der Waals surface area contributed by atoms with Gasteiger partial charge in [-0.1, -0.05) is 18.2 Å². The third kappa shape index (κ3) is 2.15. The molecule has 0 spiro atoms. The summed E-state index contributed by atoms with van der Waals surface area (Å²) in [6.07, 6.45) is 5.47. The van der Waals surface area contributed by atoms with Gasteiger partial charge < -0.3 is 0 Å². The molecule has 0 aliphatic rings. The van der Waals surface area contributed by atoms with Crippen LogP contribution in [0.1, 0.15) is 0 Å². The minimum atomic E-state index is -0.280. The van der Waals surface area contributed by atoms with Crippen LogP contribution in [0.2, 0.25) is 0 Å². The lowest BCUT2D eigenvalue weighted by molar-refractivity contribution is 0.629. The first-order valence-electron chi connectivity index (χ1n) is 6.96. The Morgan fingerprint density at radius 2 is 1.82 bits per heavy atom. The van der Waals surface area contributed by atoms with E-state index >= 15 is 0 Å². The fourth-order valence-electron chi connectivity index (χ4n) is 2.56. The number of hydrogen-bond acceptors (Lipinski definition) is 2. The summed E-state index contributed by atoms with van der Waals surface area (Å²) in [4.78, 5) is 4.23. The largest absolute Gasteiger partial charge is 0.256 e. The molecule has 0 atom stereocenters. The Bertz CT molecular complexity index is 945. The van der Waals surface area contributed by atoms with E-state index in [1.807, 2.05) is 53.5 Å². The van der Waals surface area contributed by atoms with Crippen LogP contribution in [0, 0.1) is 5.82 Å². The summed E-state index contributed by atoms with van der Waals surface area (Å²) in [5.74, 6) is -0.280. The van der Waals surface area contributed by atoms with Gasteiger partial charge in [0.15, 0.2) is 0 Å². The molecular formula is C18H12FN3. The fourth-order valence-corrected chi connectivity index (χ4v) is 2.56. The van der Waals surface area contributed by atoms with Gasteiger partial charge in [0, 0.05) is 29.4 Å². The van der Waals surface area contributed by atoms with Gasteiger partial charge in [0.1, 0.15) is 5.82 Å². The molecule has 0 N–H and O–H groups in total. The number of fused-ring (bicyclic) bond motifs is 1. The van der Waals surface area contributed by atoms with Crippen molar-refractivity contribution in [3.8, 4) is 16.8 Å². The van der Waals surface area contributed by atoms with E-state index in [4.69, 9.17) is 0 Å². The fraction of sp³-hybridized carbons (Fsp3) is 0. The molecular weight excluding hydrogens is 277 g/mol. The first-order chi connectivity index (χ1) is 10.8. The number of aromatic nitrogens is 3. The van der Waals surface area contributed by atoms with Crippen LogP contribution in [0.5, 0.6) is 0 Å². The average Bonchev–Trinajstić information content (AvgIpc) is 3.04. The quantitative estimate of drug-likeness (QED) is 0.553. The van der Waals surface area contributed by atoms with Crippen LogP contribution < -0.4 is 0 Å². The van der Waals surface area contributed by atoms with Crippen molar-refractivity contribution in [3.63, 3.8) is 0 Å². The molecule has 0 bridgehead atoms. The molecule has 4 rings (SSSR count). The van der Waals surface area contributed by atoms with Crippen molar-refractivity contribution >= 4 is 10.9 Å². The maximum absolute atomic E-state index is 13.3. The SMILES string of the molecule is Fc1ccc2c(-c3cnn(-c4ccccc4)c3)ccnc2c1. The van der Waals surface area contributed by atoms with E-state index in [-0.39, 0.29) is 5.82 Å². The summed E-state index contributed by atoms with van der Waals surface area (Å²) in [6, 6.07) is 16.5. The van der Waals surface area contributed by atoms with Gasteiger partial charge in [0.2, 0.25) is 0 Å². The Labute approximate surface area is 126 Å². The minimum Gasteiger partial charge on any atom is -0.256 e. The van der Waals surface area contributed by atoms with Crippen molar-refractivity contribution in [2.75, 3.05) is 0 Å². The maximum atomic E-state index is 13.3. The highest BCUT2D eigenvalue weighted by atomic mass is 19.1. The smallest absolute Gasteiger partial charge is 0.125 e. The van der Waals surface area contributed by atoms with Gasteiger partial charge in [-0.2, -0.15) is 5.10 Å². The van der Waals surface area contributed by atoms with Crippen molar-refractivity contribution in [3.05, 3.63) is 79.0 Å². The lowest BCUT2D eigenvalue weighted by atomic mass is 10.0. The zero-order chi connectivity index (χ0) is 14.9. The predicted molar refractivity (Wildman–Crippen MR) is 84.3 cm³/mol. The van der Waals surface area contributed by atoms with E-state index in [1.54, 1.807) is 12.3 Å². The standard InChI is InChI=1S/C18H12FN3/c19-14-6-7-17-16(8-9-20-18(17)10-14)13-11-21-22(12-13)15-4-2-1-3-5-15/h1-12H. The van der Waals surface area contributed by atoms with Crippen LogP contribution in [-0.4, -0.2) is 14.8 Å². The summed E-state index contributed by atoms with van der Waals surface area (Å²) < 4.78 is 15.2. The van der Waals surface area contributed by atoms with Gasteiger partial charge >= 0.3 is 0 Å². The van der Waals surface area contributed by atoms with Crippen LogP contribution in [-0.2, 0) is 0 Å². The lowest BCUT2D eigenvalue weighted by Gasteiger charge is -2.04. The number of rotatable bonds is 2. The van der Waals surface area contributed by atoms with Gasteiger partial charge in [0.25, 0.3) is 0 Å². The number of hydrogen-bond donors (Lipinski definition) is 0. The monoisotopic (exact) mass is 289 g/mol. The van der Waals surface area contributed by atoms with Gasteiger partial charge in [0.05, 0.1) is 17.4 Å². The molecule has 4 aromatic rings. The zero-order valence-corrected chi connectivity index (χ0v) is 11.6. The van der Waals surface area contributed by atoms with Crippen LogP contribution >= 0.6 is 0 Å². The van der Waals surface area contributed by atoms with E-state index < -0.39 is 0 Å². The highest BCUT2D eigenvalue weighted by Gasteiger charge is 2.08. The molecule has 0 fully saturated rings. The number of para-hydroxylation sites is 1. The first kappa shape index (κ1) is 12.7. The molecule has 0 aliphatic carbocycles. The normalized spacial score (nSPS) is 11.0. The number of halogens is 1. The van der Waals surface area contributed by atoms with Crippen molar-refractivity contribution in [2.24, 2.45) is 0 Å². The molecule has 0 saturated carbocycles. The van der Waals surface area contributed by atoms with Crippen molar-refractivity contribution in [2.45, 2.75) is 0 Å². The minimum absolute atomic E-state index is 0.280. The number of nitrogens with zero attached hydrogens (tertiary/aromatic N) is 3. The molecule has 22 heavy (non-hydrogen) atoms. The van der Waals surface area contributed by atoms with Gasteiger partial charge in [-0.3, -0.25) is 4.98 Å². The van der Waals surface area contributed by atoms with E-state index in [1.165, 1.54) is 12.1 Å². The molecule has 2 aromatic carbocycles. The summed E-state index contributed by atoms with van der Waals surface area (Å²) in [6.45, 7) is 0. The molecule has 2 heterocycles. The molecule has 106 valence electrons. The van der Waals surface area contributed by atoms with Crippen molar-refractivity contribution < 1.29 is 4.39 Å². The highest BCUT2D eigenvalue weighted by Crippen LogP contribution is 2.28. The molecule has 0 saturated heterocycles. The molecule has 0 radical (unpaired) electrons. The maximum Gasteiger partial charge on any atom is 0.125 e. The molecule has 2 aromatic heterocycles. The Balaban J connectivity index is 1.85. The second kappa shape index (κ2) is 5.07. The van der Waals surface area contributed by atoms with E-state index in [2.05, 4.69) is 10.1 Å². The second-order valence-electron chi connectivity index (χ2n) is 5.03. The summed E-state index contributed by atoms with van der Waals surface area (Å²) in [5, 5.41) is 5.32. The molecule has 0 aliphatic heterocycles. The molecule has 0 unspecified atom stereocenters. The molecule has 4 heteroatoms. The Morgan fingerprint density at radius 3 is 2.68 bits per heavy atom. The van der Waals surface area contributed by atoms with E-state index in [9.17, 15) is 4.39 Å². The van der Waals surface area contributed by atoms with Gasteiger partial charge in [-0.25, -0.2) is 9.07 Å². The zero-order valence-electron chi connectivity index (χ0n) is 11.6. The molecule has 0 amide bonds. The highest BCUT2D eigenvalue weighted by molar-refractivity contribution is 5.94. The number of pyridine rings is 1. The summed E-state index contributed by atoms with van der Waals surface area (Å²) in [5.41, 5.74) is 3.61. The van der Waals surface area contributed by atoms with Crippen molar-refractivity contribution in [1.82, 2.24) is 14.8 Å². The van der Waals surface area contributed by atoms with Gasteiger partial charge in [-0.05, 0) is 35.9 Å². The average molecular weight is 289 g/mol. The third-order valence-electron chi connectivity index (χ3n) is 3.62. The van der Waals surface area contributed by atoms with E-state index in [0.29, 0.717) is 5.52 Å². The predicted octanol–water partition coefficient (Wildman–Crippen LogP) is 4.23. The topological polar surface area (TPSA) is 30.7 Å². The van der Waals surface area contributed by atoms with Crippen LogP contribution in [0.4, 0.5) is 4.39 Å². The van der Waals surface area contributed by atoms with E-state index in [0.717, 1.165) is 22.2 Å². The van der Waals surface area contributed by atoms with Crippen molar-refractivity contribution in [1.29, 1.82) is 0 Å². The Kier molecular flexibility index (Phi) is 2.93. The lowest BCUT2D eigenvalue weighted by Crippen LogP contribution is -1.92. The first-order valence-corrected chi connectivity index (χ1v) is 6.96. The Hall–Kier alpha value is -3.01. The van der Waals surface area contributed by atoms with Crippen LogP contribution in [0.15, 0.2) is 73.2 Å². The summed E-state index contributed by atoms with van der Waals surface area (Å²) >= 11 is 0. The second-order valence-corrected chi connectivity index (χ2v) is 5.03. The van der Waals surface area contributed by atoms with Crippen LogP contribution in [0.3, 0.4) is 0 Å². The Morgan fingerprint density at radius 1 is 0.955 bits per heavy atom.